The Hall–Kier alpha value is -3.60. The molecule has 5 heteroatoms. The number of benzene rings is 3. The fourth-order valence-electron chi connectivity index (χ4n) is 2.86. The zero-order valence-corrected chi connectivity index (χ0v) is 14.6. The summed E-state index contributed by atoms with van der Waals surface area (Å²) >= 11 is 0. The first-order chi connectivity index (χ1) is 13.1. The number of aromatic nitrogens is 1. The van der Waals surface area contributed by atoms with Crippen LogP contribution in [0.2, 0.25) is 0 Å². The summed E-state index contributed by atoms with van der Waals surface area (Å²) in [5.74, 6) is -0.275. The van der Waals surface area contributed by atoms with E-state index in [1.165, 1.54) is 0 Å². The van der Waals surface area contributed by atoms with Crippen LogP contribution in [0.25, 0.3) is 22.6 Å². The normalized spacial score (nSPS) is 12.0. The van der Waals surface area contributed by atoms with Crippen molar-refractivity contribution in [1.82, 2.24) is 4.98 Å². The second-order valence-electron chi connectivity index (χ2n) is 6.23. The Balaban J connectivity index is 1.73. The van der Waals surface area contributed by atoms with E-state index in [2.05, 4.69) is 4.98 Å². The molecule has 0 saturated carbocycles. The smallest absolute Gasteiger partial charge is 0.349 e. The molecular formula is C22H17NO4. The van der Waals surface area contributed by atoms with Gasteiger partial charge in [-0.25, -0.2) is 9.78 Å². The Labute approximate surface area is 155 Å². The predicted molar refractivity (Wildman–Crippen MR) is 102 cm³/mol. The van der Waals surface area contributed by atoms with Crippen molar-refractivity contribution in [2.24, 2.45) is 0 Å². The van der Waals surface area contributed by atoms with Gasteiger partial charge in [0.1, 0.15) is 11.3 Å². The number of carbonyl (C=O) groups is 1. The van der Waals surface area contributed by atoms with E-state index in [1.807, 2.05) is 49.4 Å². The van der Waals surface area contributed by atoms with Crippen molar-refractivity contribution in [2.45, 2.75) is 13.0 Å². The van der Waals surface area contributed by atoms with E-state index >= 15 is 0 Å². The van der Waals surface area contributed by atoms with Crippen LogP contribution < -0.4 is 4.74 Å². The molecule has 3 aromatic carbocycles. The molecule has 0 spiro atoms. The van der Waals surface area contributed by atoms with Gasteiger partial charge in [-0.1, -0.05) is 54.1 Å². The number of fused-ring (bicyclic) bond motifs is 1. The summed E-state index contributed by atoms with van der Waals surface area (Å²) in [5.41, 5.74) is 3.62. The molecule has 0 radical (unpaired) electrons. The number of hydrogen-bond acceptors (Lipinski definition) is 4. The Morgan fingerprint density at radius 3 is 2.44 bits per heavy atom. The van der Waals surface area contributed by atoms with E-state index in [-0.39, 0.29) is 0 Å². The zero-order chi connectivity index (χ0) is 18.8. The van der Waals surface area contributed by atoms with Crippen LogP contribution >= 0.6 is 0 Å². The highest BCUT2D eigenvalue weighted by Crippen LogP contribution is 2.34. The largest absolute Gasteiger partial charge is 0.478 e. The van der Waals surface area contributed by atoms with Crippen LogP contribution in [0.4, 0.5) is 0 Å². The fraction of sp³-hybridized carbons (Fsp3) is 0.0909. The molecule has 5 nitrogen and oxygen atoms in total. The van der Waals surface area contributed by atoms with Gasteiger partial charge in [-0.15, -0.1) is 0 Å². The molecule has 4 rings (SSSR count). The Morgan fingerprint density at radius 2 is 1.70 bits per heavy atom. The highest BCUT2D eigenvalue weighted by molar-refractivity contribution is 5.78. The van der Waals surface area contributed by atoms with Crippen molar-refractivity contribution >= 4 is 17.1 Å². The van der Waals surface area contributed by atoms with Gasteiger partial charge in [0.25, 0.3) is 0 Å². The number of ether oxygens (including phenoxy) is 1. The third kappa shape index (κ3) is 3.40. The quantitative estimate of drug-likeness (QED) is 0.542. The lowest BCUT2D eigenvalue weighted by Crippen LogP contribution is -2.18. The van der Waals surface area contributed by atoms with Gasteiger partial charge < -0.3 is 14.3 Å². The van der Waals surface area contributed by atoms with Gasteiger partial charge in [-0.05, 0) is 31.2 Å². The van der Waals surface area contributed by atoms with Crippen LogP contribution in [0.15, 0.2) is 77.2 Å². The lowest BCUT2D eigenvalue weighted by atomic mass is 10.1. The maximum absolute atomic E-state index is 11.8. The molecule has 0 amide bonds. The van der Waals surface area contributed by atoms with Crippen molar-refractivity contribution in [2.75, 3.05) is 0 Å². The molecule has 0 fully saturated rings. The highest BCUT2D eigenvalue weighted by Gasteiger charge is 2.24. The molecule has 27 heavy (non-hydrogen) atoms. The molecule has 1 atom stereocenters. The maximum atomic E-state index is 11.8. The lowest BCUT2D eigenvalue weighted by Gasteiger charge is -2.17. The van der Waals surface area contributed by atoms with Gasteiger partial charge in [0.15, 0.2) is 5.58 Å². The lowest BCUT2D eigenvalue weighted by molar-refractivity contribution is -0.145. The monoisotopic (exact) mass is 359 g/mol. The predicted octanol–water partition coefficient (Wildman–Crippen LogP) is 5.01. The topological polar surface area (TPSA) is 72.6 Å². The average Bonchev–Trinajstić information content (AvgIpc) is 3.11. The van der Waals surface area contributed by atoms with Crippen molar-refractivity contribution < 1.29 is 19.1 Å². The minimum atomic E-state index is -1.13. The number of para-hydroxylation sites is 3. The molecular weight excluding hydrogens is 342 g/mol. The second kappa shape index (κ2) is 6.96. The van der Waals surface area contributed by atoms with Gasteiger partial charge in [0.2, 0.25) is 12.0 Å². The Bertz CT molecular complexity index is 1070. The van der Waals surface area contributed by atoms with E-state index in [1.54, 1.807) is 30.3 Å². The van der Waals surface area contributed by atoms with E-state index in [4.69, 9.17) is 9.15 Å². The first kappa shape index (κ1) is 16.8. The molecule has 1 unspecified atom stereocenters. The molecule has 0 aliphatic rings. The summed E-state index contributed by atoms with van der Waals surface area (Å²) in [5, 5.41) is 9.67. The van der Waals surface area contributed by atoms with E-state index in [9.17, 15) is 9.90 Å². The van der Waals surface area contributed by atoms with Crippen molar-refractivity contribution in [3.8, 4) is 17.2 Å². The number of aliphatic carboxylic acids is 1. The molecule has 0 saturated heterocycles. The summed E-state index contributed by atoms with van der Waals surface area (Å²) < 4.78 is 11.7. The fourth-order valence-corrected chi connectivity index (χ4v) is 2.86. The van der Waals surface area contributed by atoms with Gasteiger partial charge in [0, 0.05) is 5.56 Å². The number of aryl methyl sites for hydroxylation is 1. The van der Waals surface area contributed by atoms with Crippen LogP contribution in [-0.4, -0.2) is 16.1 Å². The van der Waals surface area contributed by atoms with Crippen molar-refractivity contribution in [3.63, 3.8) is 0 Å². The van der Waals surface area contributed by atoms with Crippen LogP contribution in [0.1, 0.15) is 17.2 Å². The standard InChI is InChI=1S/C22H17NO4/c1-14-10-12-15(13-11-14)20(22(24)25)26-18-8-4-2-6-16(18)21-23-17-7-3-5-9-19(17)27-21/h2-13,20H,1H3,(H,24,25). The molecule has 0 bridgehead atoms. The first-order valence-electron chi connectivity index (χ1n) is 8.53. The van der Waals surface area contributed by atoms with Crippen LogP contribution in [0.5, 0.6) is 5.75 Å². The Kier molecular flexibility index (Phi) is 4.34. The zero-order valence-electron chi connectivity index (χ0n) is 14.6. The number of carboxylic acids is 1. The van der Waals surface area contributed by atoms with E-state index in [0.717, 1.165) is 11.1 Å². The summed E-state index contributed by atoms with van der Waals surface area (Å²) in [4.78, 5) is 16.3. The van der Waals surface area contributed by atoms with E-state index in [0.29, 0.717) is 28.4 Å². The SMILES string of the molecule is Cc1ccc(C(Oc2ccccc2-c2nc3ccccc3o2)C(=O)O)cc1. The summed E-state index contributed by atoms with van der Waals surface area (Å²) in [6.45, 7) is 1.95. The first-order valence-corrected chi connectivity index (χ1v) is 8.53. The van der Waals surface area contributed by atoms with Crippen LogP contribution in [0.3, 0.4) is 0 Å². The molecule has 4 aromatic rings. The van der Waals surface area contributed by atoms with Crippen molar-refractivity contribution in [1.29, 1.82) is 0 Å². The van der Waals surface area contributed by atoms with Gasteiger partial charge in [-0.3, -0.25) is 0 Å². The van der Waals surface area contributed by atoms with E-state index < -0.39 is 12.1 Å². The number of nitrogens with zero attached hydrogens (tertiary/aromatic N) is 1. The second-order valence-corrected chi connectivity index (χ2v) is 6.23. The summed E-state index contributed by atoms with van der Waals surface area (Å²) in [6, 6.07) is 21.8. The molecule has 0 aliphatic carbocycles. The minimum Gasteiger partial charge on any atom is -0.478 e. The summed E-state index contributed by atoms with van der Waals surface area (Å²) in [6.07, 6.45) is -1.13. The Morgan fingerprint density at radius 1 is 1.00 bits per heavy atom. The van der Waals surface area contributed by atoms with Gasteiger partial charge >= 0.3 is 5.97 Å². The minimum absolute atomic E-state index is 0.389. The molecule has 1 aromatic heterocycles. The average molecular weight is 359 g/mol. The van der Waals surface area contributed by atoms with Crippen molar-refractivity contribution in [3.05, 3.63) is 83.9 Å². The molecule has 134 valence electrons. The van der Waals surface area contributed by atoms with Crippen LogP contribution in [-0.2, 0) is 4.79 Å². The number of hydrogen-bond donors (Lipinski definition) is 1. The number of carboxylic acid groups (broad SMARTS) is 1. The van der Waals surface area contributed by atoms with Gasteiger partial charge in [0.05, 0.1) is 5.56 Å². The number of oxazole rings is 1. The third-order valence-corrected chi connectivity index (χ3v) is 4.26. The highest BCUT2D eigenvalue weighted by atomic mass is 16.5. The van der Waals surface area contributed by atoms with Gasteiger partial charge in [-0.2, -0.15) is 0 Å². The third-order valence-electron chi connectivity index (χ3n) is 4.26. The molecule has 1 heterocycles. The molecule has 0 aliphatic heterocycles. The van der Waals surface area contributed by atoms with Crippen LogP contribution in [0, 0.1) is 6.92 Å². The number of rotatable bonds is 5. The molecule has 1 N–H and O–H groups in total. The maximum Gasteiger partial charge on any atom is 0.349 e. The summed E-state index contributed by atoms with van der Waals surface area (Å²) in [7, 11) is 0.